The van der Waals surface area contributed by atoms with Crippen molar-refractivity contribution in [3.05, 3.63) is 34.4 Å². The van der Waals surface area contributed by atoms with Crippen LogP contribution in [-0.4, -0.2) is 23.1 Å². The second-order valence-electron chi connectivity index (χ2n) is 7.32. The Hall–Kier alpha value is -1.09. The average molecular weight is 330 g/mol. The Kier molecular flexibility index (Phi) is 4.96. The lowest BCUT2D eigenvalue weighted by Gasteiger charge is -2.34. The van der Waals surface area contributed by atoms with Gasteiger partial charge in [-0.2, -0.15) is 11.8 Å². The van der Waals surface area contributed by atoms with Gasteiger partial charge in [0.05, 0.1) is 0 Å². The molecule has 0 aromatic heterocycles. The molecule has 1 saturated heterocycles. The number of Topliss-reactive ketones (excluding diaryl/α,β-unsaturated/α-hetero) is 2. The third-order valence-electron chi connectivity index (χ3n) is 5.46. The molecule has 1 heterocycles. The Morgan fingerprint density at radius 1 is 0.957 bits per heavy atom. The summed E-state index contributed by atoms with van der Waals surface area (Å²) in [5, 5.41) is 0. The minimum atomic E-state index is -0.511. The third kappa shape index (κ3) is 3.40. The van der Waals surface area contributed by atoms with E-state index in [1.807, 2.05) is 25.6 Å². The van der Waals surface area contributed by atoms with Crippen molar-refractivity contribution in [2.45, 2.75) is 52.4 Å². The molecular formula is C20H26O2S. The van der Waals surface area contributed by atoms with Crippen molar-refractivity contribution in [1.29, 1.82) is 0 Å². The van der Waals surface area contributed by atoms with Gasteiger partial charge >= 0.3 is 0 Å². The van der Waals surface area contributed by atoms with Gasteiger partial charge in [0, 0.05) is 12.8 Å². The number of ketones is 2. The van der Waals surface area contributed by atoms with Crippen LogP contribution in [0.25, 0.3) is 0 Å². The van der Waals surface area contributed by atoms with E-state index in [1.165, 1.54) is 24.2 Å². The summed E-state index contributed by atoms with van der Waals surface area (Å²) in [6, 6.07) is 4.18. The minimum Gasteiger partial charge on any atom is -0.299 e. The first-order valence-corrected chi connectivity index (χ1v) is 9.83. The summed E-state index contributed by atoms with van der Waals surface area (Å²) in [7, 11) is 0. The van der Waals surface area contributed by atoms with Gasteiger partial charge in [-0.1, -0.05) is 17.7 Å². The summed E-state index contributed by atoms with van der Waals surface area (Å²) in [4.78, 5) is 25.6. The molecule has 3 heteroatoms. The van der Waals surface area contributed by atoms with E-state index in [0.29, 0.717) is 18.8 Å². The van der Waals surface area contributed by atoms with E-state index in [-0.39, 0.29) is 17.5 Å². The monoisotopic (exact) mass is 330 g/mol. The Bertz CT molecular complexity index is 588. The summed E-state index contributed by atoms with van der Waals surface area (Å²) in [6.45, 7) is 6.12. The summed E-state index contributed by atoms with van der Waals surface area (Å²) in [6.07, 6.45) is 3.60. The van der Waals surface area contributed by atoms with Gasteiger partial charge in [-0.15, -0.1) is 0 Å². The van der Waals surface area contributed by atoms with E-state index in [9.17, 15) is 9.59 Å². The van der Waals surface area contributed by atoms with Crippen LogP contribution >= 0.6 is 11.8 Å². The van der Waals surface area contributed by atoms with Crippen LogP contribution in [0.5, 0.6) is 0 Å². The molecule has 0 N–H and O–H groups in total. The largest absolute Gasteiger partial charge is 0.299 e. The van der Waals surface area contributed by atoms with Crippen LogP contribution in [-0.2, 0) is 9.59 Å². The minimum absolute atomic E-state index is 0.150. The molecule has 1 aliphatic heterocycles. The van der Waals surface area contributed by atoms with Crippen LogP contribution in [0, 0.1) is 32.6 Å². The van der Waals surface area contributed by atoms with E-state index in [1.54, 1.807) is 0 Å². The maximum Gasteiger partial charge on any atom is 0.148 e. The van der Waals surface area contributed by atoms with E-state index in [0.717, 1.165) is 22.4 Å². The summed E-state index contributed by atoms with van der Waals surface area (Å²) >= 11 is 1.98. The van der Waals surface area contributed by atoms with Crippen molar-refractivity contribution in [3.8, 4) is 0 Å². The highest BCUT2D eigenvalue weighted by Crippen LogP contribution is 2.40. The van der Waals surface area contributed by atoms with E-state index in [4.69, 9.17) is 0 Å². The number of hydrogen-bond acceptors (Lipinski definition) is 3. The van der Waals surface area contributed by atoms with Crippen LogP contribution in [0.15, 0.2) is 12.1 Å². The number of carbonyl (C=O) groups is 2. The van der Waals surface area contributed by atoms with Crippen molar-refractivity contribution in [1.82, 2.24) is 0 Å². The maximum absolute atomic E-state index is 12.8. The molecule has 0 bridgehead atoms. The first-order chi connectivity index (χ1) is 11.0. The lowest BCUT2D eigenvalue weighted by atomic mass is 9.70. The summed E-state index contributed by atoms with van der Waals surface area (Å²) < 4.78 is 0. The number of rotatable bonds is 2. The number of thioether (sulfide) groups is 1. The molecule has 2 aliphatic rings. The second kappa shape index (κ2) is 6.80. The maximum atomic E-state index is 12.8. The van der Waals surface area contributed by atoms with E-state index < -0.39 is 5.92 Å². The molecule has 1 aliphatic carbocycles. The Balaban J connectivity index is 1.84. The molecule has 1 saturated carbocycles. The van der Waals surface area contributed by atoms with Gasteiger partial charge in [0.25, 0.3) is 0 Å². The molecule has 1 aromatic rings. The highest BCUT2D eigenvalue weighted by molar-refractivity contribution is 7.99. The predicted molar refractivity (Wildman–Crippen MR) is 96.2 cm³/mol. The highest BCUT2D eigenvalue weighted by Gasteiger charge is 2.40. The molecule has 0 radical (unpaired) electrons. The molecular weight excluding hydrogens is 304 g/mol. The van der Waals surface area contributed by atoms with Crippen LogP contribution in [0.2, 0.25) is 0 Å². The number of aryl methyl sites for hydroxylation is 3. The van der Waals surface area contributed by atoms with Crippen molar-refractivity contribution < 1.29 is 9.59 Å². The van der Waals surface area contributed by atoms with Crippen LogP contribution < -0.4 is 0 Å². The van der Waals surface area contributed by atoms with Crippen molar-refractivity contribution in [3.63, 3.8) is 0 Å². The lowest BCUT2D eigenvalue weighted by molar-refractivity contribution is -0.134. The quantitative estimate of drug-likeness (QED) is 0.754. The fourth-order valence-corrected chi connectivity index (χ4v) is 5.72. The zero-order chi connectivity index (χ0) is 16.6. The van der Waals surface area contributed by atoms with Gasteiger partial charge in [-0.05, 0) is 73.6 Å². The van der Waals surface area contributed by atoms with Gasteiger partial charge in [0.15, 0.2) is 0 Å². The van der Waals surface area contributed by atoms with Gasteiger partial charge < -0.3 is 0 Å². The second-order valence-corrected chi connectivity index (χ2v) is 8.47. The molecule has 23 heavy (non-hydrogen) atoms. The zero-order valence-electron chi connectivity index (χ0n) is 14.4. The summed E-state index contributed by atoms with van der Waals surface area (Å²) in [5.74, 6) is 2.98. The number of benzene rings is 1. The smallest absolute Gasteiger partial charge is 0.148 e. The molecule has 2 fully saturated rings. The van der Waals surface area contributed by atoms with Crippen LogP contribution in [0.4, 0.5) is 0 Å². The summed E-state index contributed by atoms with van der Waals surface area (Å²) in [5.41, 5.74) is 4.33. The SMILES string of the molecule is Cc1cc(C)c(C2C(=O)CC(C3CCCSC3)CC2=O)c(C)c1. The first kappa shape index (κ1) is 16.8. The fraction of sp³-hybridized carbons (Fsp3) is 0.600. The Morgan fingerprint density at radius 3 is 2.09 bits per heavy atom. The Labute approximate surface area is 143 Å². The van der Waals surface area contributed by atoms with Gasteiger partial charge in [0.2, 0.25) is 0 Å². The van der Waals surface area contributed by atoms with Gasteiger partial charge in [-0.3, -0.25) is 9.59 Å². The molecule has 1 aromatic carbocycles. The molecule has 0 amide bonds. The molecule has 1 unspecified atom stereocenters. The zero-order valence-corrected chi connectivity index (χ0v) is 15.2. The predicted octanol–water partition coefficient (Wildman–Crippen LogP) is 4.39. The lowest BCUT2D eigenvalue weighted by Crippen LogP contribution is -2.36. The topological polar surface area (TPSA) is 34.1 Å². The highest BCUT2D eigenvalue weighted by atomic mass is 32.2. The van der Waals surface area contributed by atoms with Crippen LogP contribution in [0.1, 0.15) is 53.9 Å². The van der Waals surface area contributed by atoms with Crippen molar-refractivity contribution in [2.24, 2.45) is 11.8 Å². The normalized spacial score (nSPS) is 28.9. The van der Waals surface area contributed by atoms with Crippen LogP contribution in [0.3, 0.4) is 0 Å². The van der Waals surface area contributed by atoms with Gasteiger partial charge in [-0.25, -0.2) is 0 Å². The standard InChI is InChI=1S/C20H26O2S/c1-12-7-13(2)19(14(3)8-12)20-17(21)9-16(10-18(20)22)15-5-4-6-23-11-15/h7-8,15-16,20H,4-6,9-11H2,1-3H3. The first-order valence-electron chi connectivity index (χ1n) is 8.68. The third-order valence-corrected chi connectivity index (χ3v) is 6.70. The molecule has 124 valence electrons. The number of carbonyl (C=O) groups excluding carboxylic acids is 2. The van der Waals surface area contributed by atoms with Crippen molar-refractivity contribution >= 4 is 23.3 Å². The van der Waals surface area contributed by atoms with E-state index in [2.05, 4.69) is 19.1 Å². The molecule has 2 nitrogen and oxygen atoms in total. The van der Waals surface area contributed by atoms with E-state index >= 15 is 0 Å². The fourth-order valence-electron chi connectivity index (χ4n) is 4.44. The molecule has 1 atom stereocenters. The Morgan fingerprint density at radius 2 is 1.57 bits per heavy atom. The number of hydrogen-bond donors (Lipinski definition) is 0. The molecule has 3 rings (SSSR count). The van der Waals surface area contributed by atoms with Crippen molar-refractivity contribution in [2.75, 3.05) is 11.5 Å². The average Bonchev–Trinajstić information content (AvgIpc) is 2.49. The van der Waals surface area contributed by atoms with Gasteiger partial charge in [0.1, 0.15) is 17.5 Å². The molecule has 0 spiro atoms.